The van der Waals surface area contributed by atoms with Gasteiger partial charge < -0.3 is 15.3 Å². The Morgan fingerprint density at radius 1 is 1.19 bits per heavy atom. The molecule has 0 radical (unpaired) electrons. The van der Waals surface area contributed by atoms with Gasteiger partial charge in [-0.25, -0.2) is 4.79 Å². The van der Waals surface area contributed by atoms with Crippen LogP contribution in [0.5, 0.6) is 0 Å². The SMILES string of the molecule is CC(C)CC(CNC(=O)N(C)C1CCCCCC1)C(=O)O. The predicted molar refractivity (Wildman–Crippen MR) is 83.2 cm³/mol. The molecule has 5 nitrogen and oxygen atoms in total. The Balaban J connectivity index is 2.44. The van der Waals surface area contributed by atoms with Crippen molar-refractivity contribution in [3.8, 4) is 0 Å². The van der Waals surface area contributed by atoms with Crippen molar-refractivity contribution in [2.24, 2.45) is 11.8 Å². The van der Waals surface area contributed by atoms with Crippen molar-refractivity contribution in [3.05, 3.63) is 0 Å². The maximum atomic E-state index is 12.2. The molecule has 0 aliphatic heterocycles. The van der Waals surface area contributed by atoms with Crippen LogP contribution in [0.15, 0.2) is 0 Å². The molecule has 2 N–H and O–H groups in total. The van der Waals surface area contributed by atoms with Crippen molar-refractivity contribution in [2.45, 2.75) is 64.8 Å². The van der Waals surface area contributed by atoms with E-state index < -0.39 is 11.9 Å². The second-order valence-electron chi connectivity index (χ2n) is 6.61. The third-order valence-electron chi connectivity index (χ3n) is 4.30. The van der Waals surface area contributed by atoms with Crippen LogP contribution < -0.4 is 5.32 Å². The summed E-state index contributed by atoms with van der Waals surface area (Å²) in [7, 11) is 1.82. The zero-order valence-electron chi connectivity index (χ0n) is 13.6. The molecule has 0 aromatic heterocycles. The third kappa shape index (κ3) is 6.36. The van der Waals surface area contributed by atoms with E-state index in [0.717, 1.165) is 12.8 Å². The lowest BCUT2D eigenvalue weighted by atomic mass is 9.97. The van der Waals surface area contributed by atoms with E-state index in [0.29, 0.717) is 18.4 Å². The molecule has 5 heteroatoms. The summed E-state index contributed by atoms with van der Waals surface area (Å²) in [6.45, 7) is 4.20. The number of rotatable bonds is 6. The van der Waals surface area contributed by atoms with Crippen LogP contribution in [-0.4, -0.2) is 41.6 Å². The van der Waals surface area contributed by atoms with E-state index in [1.807, 2.05) is 20.9 Å². The van der Waals surface area contributed by atoms with Gasteiger partial charge in [-0.05, 0) is 25.2 Å². The van der Waals surface area contributed by atoms with E-state index in [2.05, 4.69) is 5.32 Å². The van der Waals surface area contributed by atoms with E-state index in [9.17, 15) is 14.7 Å². The number of urea groups is 1. The molecule has 0 saturated heterocycles. The Labute approximate surface area is 128 Å². The monoisotopic (exact) mass is 298 g/mol. The molecule has 1 saturated carbocycles. The van der Waals surface area contributed by atoms with E-state index >= 15 is 0 Å². The lowest BCUT2D eigenvalue weighted by Gasteiger charge is -2.28. The summed E-state index contributed by atoms with van der Waals surface area (Å²) in [4.78, 5) is 25.2. The van der Waals surface area contributed by atoms with Crippen molar-refractivity contribution in [1.82, 2.24) is 10.2 Å². The van der Waals surface area contributed by atoms with Crippen molar-refractivity contribution >= 4 is 12.0 Å². The molecule has 2 amide bonds. The fourth-order valence-electron chi connectivity index (χ4n) is 2.99. The summed E-state index contributed by atoms with van der Waals surface area (Å²) < 4.78 is 0. The molecule has 21 heavy (non-hydrogen) atoms. The smallest absolute Gasteiger partial charge is 0.317 e. The van der Waals surface area contributed by atoms with Gasteiger partial charge in [-0.3, -0.25) is 4.79 Å². The highest BCUT2D eigenvalue weighted by molar-refractivity contribution is 5.76. The Kier molecular flexibility index (Phi) is 7.54. The van der Waals surface area contributed by atoms with Crippen molar-refractivity contribution in [1.29, 1.82) is 0 Å². The summed E-state index contributed by atoms with van der Waals surface area (Å²) in [6, 6.07) is 0.151. The highest BCUT2D eigenvalue weighted by Gasteiger charge is 2.24. The predicted octanol–water partition coefficient (Wildman–Crippen LogP) is 3.10. The van der Waals surface area contributed by atoms with Crippen molar-refractivity contribution in [2.75, 3.05) is 13.6 Å². The maximum Gasteiger partial charge on any atom is 0.317 e. The summed E-state index contributed by atoms with van der Waals surface area (Å²) in [5, 5.41) is 12.0. The van der Waals surface area contributed by atoms with Crippen LogP contribution in [0.25, 0.3) is 0 Å². The maximum absolute atomic E-state index is 12.2. The molecule has 1 aliphatic carbocycles. The first kappa shape index (κ1) is 17.8. The van der Waals surface area contributed by atoms with Gasteiger partial charge in [0, 0.05) is 19.6 Å². The van der Waals surface area contributed by atoms with Crippen molar-refractivity contribution in [3.63, 3.8) is 0 Å². The largest absolute Gasteiger partial charge is 0.481 e. The number of nitrogens with one attached hydrogen (secondary N) is 1. The first-order valence-corrected chi connectivity index (χ1v) is 8.15. The van der Waals surface area contributed by atoms with Gasteiger partial charge in [0.25, 0.3) is 0 Å². The molecule has 0 aromatic carbocycles. The zero-order valence-corrected chi connectivity index (χ0v) is 13.6. The van der Waals surface area contributed by atoms with Crippen LogP contribution in [0.1, 0.15) is 58.8 Å². The first-order valence-electron chi connectivity index (χ1n) is 8.15. The van der Waals surface area contributed by atoms with Gasteiger partial charge in [0.1, 0.15) is 0 Å². The lowest BCUT2D eigenvalue weighted by molar-refractivity contribution is -0.142. The van der Waals surface area contributed by atoms with Crippen LogP contribution in [0.3, 0.4) is 0 Å². The number of hydrogen-bond acceptors (Lipinski definition) is 2. The Bertz CT molecular complexity index is 336. The topological polar surface area (TPSA) is 69.6 Å². The van der Waals surface area contributed by atoms with Gasteiger partial charge in [0.2, 0.25) is 0 Å². The standard InChI is InChI=1S/C16H30N2O3/c1-12(2)10-13(15(19)20)11-17-16(21)18(3)14-8-6-4-5-7-9-14/h12-14H,4-11H2,1-3H3,(H,17,21)(H,19,20). The molecular weight excluding hydrogens is 268 g/mol. The van der Waals surface area contributed by atoms with Crippen molar-refractivity contribution < 1.29 is 14.7 Å². The van der Waals surface area contributed by atoms with Crippen LogP contribution >= 0.6 is 0 Å². The second kappa shape index (κ2) is 8.90. The van der Waals surface area contributed by atoms with E-state index in [4.69, 9.17) is 0 Å². The molecule has 0 spiro atoms. The quantitative estimate of drug-likeness (QED) is 0.740. The average Bonchev–Trinajstić information content (AvgIpc) is 2.70. The van der Waals surface area contributed by atoms with E-state index in [-0.39, 0.29) is 12.6 Å². The number of aliphatic carboxylic acids is 1. The minimum absolute atomic E-state index is 0.142. The highest BCUT2D eigenvalue weighted by Crippen LogP contribution is 2.21. The summed E-state index contributed by atoms with van der Waals surface area (Å²) in [5.41, 5.74) is 0. The highest BCUT2D eigenvalue weighted by atomic mass is 16.4. The van der Waals surface area contributed by atoms with Crippen LogP contribution in [0.4, 0.5) is 4.79 Å². The number of hydrogen-bond donors (Lipinski definition) is 2. The third-order valence-corrected chi connectivity index (χ3v) is 4.30. The summed E-state index contributed by atoms with van der Waals surface area (Å²) in [6.07, 6.45) is 7.54. The second-order valence-corrected chi connectivity index (χ2v) is 6.61. The van der Waals surface area contributed by atoms with Crippen LogP contribution in [-0.2, 0) is 4.79 Å². The molecule has 1 unspecified atom stereocenters. The summed E-state index contributed by atoms with van der Waals surface area (Å²) in [5.74, 6) is -1.03. The normalized spacial score (nSPS) is 18.1. The first-order chi connectivity index (χ1) is 9.91. The van der Waals surface area contributed by atoms with Gasteiger partial charge in [-0.15, -0.1) is 0 Å². The number of nitrogens with zero attached hydrogens (tertiary/aromatic N) is 1. The number of amides is 2. The molecule has 0 bridgehead atoms. The number of carboxylic acids is 1. The average molecular weight is 298 g/mol. The molecule has 1 fully saturated rings. The number of carbonyl (C=O) groups excluding carboxylic acids is 1. The number of carboxylic acid groups (broad SMARTS) is 1. The molecular formula is C16H30N2O3. The fraction of sp³-hybridized carbons (Fsp3) is 0.875. The minimum atomic E-state index is -0.832. The van der Waals surface area contributed by atoms with E-state index in [1.165, 1.54) is 25.7 Å². The van der Waals surface area contributed by atoms with Gasteiger partial charge in [0.15, 0.2) is 0 Å². The molecule has 1 atom stereocenters. The minimum Gasteiger partial charge on any atom is -0.481 e. The molecule has 122 valence electrons. The van der Waals surface area contributed by atoms with E-state index in [1.54, 1.807) is 4.90 Å². The van der Waals surface area contributed by atoms with Gasteiger partial charge in [0.05, 0.1) is 5.92 Å². The van der Waals surface area contributed by atoms with Crippen LogP contribution in [0.2, 0.25) is 0 Å². The van der Waals surface area contributed by atoms with Gasteiger partial charge in [-0.2, -0.15) is 0 Å². The molecule has 0 heterocycles. The number of carbonyl (C=O) groups is 2. The Morgan fingerprint density at radius 3 is 2.24 bits per heavy atom. The zero-order chi connectivity index (χ0) is 15.8. The fourth-order valence-corrected chi connectivity index (χ4v) is 2.99. The summed E-state index contributed by atoms with van der Waals surface area (Å²) >= 11 is 0. The van der Waals surface area contributed by atoms with Crippen LogP contribution in [0, 0.1) is 11.8 Å². The molecule has 1 rings (SSSR count). The van der Waals surface area contributed by atoms with Gasteiger partial charge in [-0.1, -0.05) is 39.5 Å². The Hall–Kier alpha value is -1.26. The molecule has 1 aliphatic rings. The lowest BCUT2D eigenvalue weighted by Crippen LogP contribution is -2.45. The molecule has 0 aromatic rings. The van der Waals surface area contributed by atoms with Gasteiger partial charge >= 0.3 is 12.0 Å². The Morgan fingerprint density at radius 2 is 1.76 bits per heavy atom.